The zero-order valence-electron chi connectivity index (χ0n) is 12.6. The Balaban J connectivity index is 2.14. The van der Waals surface area contributed by atoms with Gasteiger partial charge in [0.05, 0.1) is 6.54 Å². The second kappa shape index (κ2) is 7.26. The predicted molar refractivity (Wildman–Crippen MR) is 85.6 cm³/mol. The molecule has 0 aliphatic carbocycles. The van der Waals surface area contributed by atoms with Crippen molar-refractivity contribution in [2.75, 3.05) is 19.6 Å². The minimum atomic E-state index is -3.46. The minimum Gasteiger partial charge on any atom is -0.452 e. The van der Waals surface area contributed by atoms with Crippen LogP contribution in [0.5, 0.6) is 0 Å². The van der Waals surface area contributed by atoms with E-state index in [0.717, 1.165) is 25.8 Å². The number of halogens is 1. The molecule has 0 spiro atoms. The van der Waals surface area contributed by atoms with E-state index >= 15 is 0 Å². The van der Waals surface area contributed by atoms with Crippen molar-refractivity contribution >= 4 is 26.0 Å². The van der Waals surface area contributed by atoms with Crippen molar-refractivity contribution in [1.82, 2.24) is 9.62 Å². The van der Waals surface area contributed by atoms with Gasteiger partial charge in [-0.3, -0.25) is 0 Å². The molecule has 0 bridgehead atoms. The molecule has 5 nitrogen and oxygen atoms in total. The molecule has 2 heterocycles. The highest BCUT2D eigenvalue weighted by atomic mass is 79.9. The van der Waals surface area contributed by atoms with Crippen LogP contribution < -0.4 is 5.32 Å². The van der Waals surface area contributed by atoms with Gasteiger partial charge in [-0.1, -0.05) is 20.3 Å². The van der Waals surface area contributed by atoms with Crippen LogP contribution >= 0.6 is 15.9 Å². The SMILES string of the molecule is CCNCc1cc(S(=O)(=O)N2CCC(CC)CC2)c(Br)o1. The van der Waals surface area contributed by atoms with Crippen molar-refractivity contribution < 1.29 is 12.8 Å². The number of hydrogen-bond acceptors (Lipinski definition) is 4. The number of sulfonamides is 1. The Morgan fingerprint density at radius 1 is 1.38 bits per heavy atom. The molecule has 1 aliphatic rings. The van der Waals surface area contributed by atoms with Crippen LogP contribution in [-0.4, -0.2) is 32.4 Å². The summed E-state index contributed by atoms with van der Waals surface area (Å²) in [5.74, 6) is 1.28. The maximum atomic E-state index is 12.7. The molecule has 1 N–H and O–H groups in total. The number of hydrogen-bond donors (Lipinski definition) is 1. The van der Waals surface area contributed by atoms with Crippen LogP contribution in [0.2, 0.25) is 0 Å². The molecule has 21 heavy (non-hydrogen) atoms. The predicted octanol–water partition coefficient (Wildman–Crippen LogP) is 2.96. The summed E-state index contributed by atoms with van der Waals surface area (Å²) in [4.78, 5) is 0.241. The molecule has 0 radical (unpaired) electrons. The van der Waals surface area contributed by atoms with Gasteiger partial charge in [-0.05, 0) is 41.2 Å². The average Bonchev–Trinajstić information content (AvgIpc) is 2.87. The van der Waals surface area contributed by atoms with Gasteiger partial charge in [0.25, 0.3) is 0 Å². The number of piperidine rings is 1. The number of nitrogens with one attached hydrogen (secondary N) is 1. The summed E-state index contributed by atoms with van der Waals surface area (Å²) in [6.07, 6.45) is 3.00. The van der Waals surface area contributed by atoms with E-state index in [-0.39, 0.29) is 4.90 Å². The molecule has 0 atom stereocenters. The van der Waals surface area contributed by atoms with E-state index < -0.39 is 10.0 Å². The van der Waals surface area contributed by atoms with Crippen LogP contribution in [0, 0.1) is 5.92 Å². The first-order valence-electron chi connectivity index (χ1n) is 7.48. The van der Waals surface area contributed by atoms with Crippen LogP contribution in [0.4, 0.5) is 0 Å². The summed E-state index contributed by atoms with van der Waals surface area (Å²) < 4.78 is 32.8. The van der Waals surface area contributed by atoms with E-state index in [2.05, 4.69) is 28.2 Å². The second-order valence-corrected chi connectivity index (χ2v) is 8.01. The standard InChI is InChI=1S/C14H23BrN2O3S/c1-3-11-5-7-17(8-6-11)21(18,19)13-9-12(10-16-4-2)20-14(13)15/h9,11,16H,3-8,10H2,1-2H3. The van der Waals surface area contributed by atoms with Crippen LogP contribution in [0.15, 0.2) is 20.0 Å². The fourth-order valence-corrected chi connectivity index (χ4v) is 5.04. The molecule has 120 valence electrons. The topological polar surface area (TPSA) is 62.6 Å². The lowest BCUT2D eigenvalue weighted by Gasteiger charge is -2.30. The number of nitrogens with zero attached hydrogens (tertiary/aromatic N) is 1. The summed E-state index contributed by atoms with van der Waals surface area (Å²) in [6, 6.07) is 1.62. The van der Waals surface area contributed by atoms with E-state index in [0.29, 0.717) is 36.0 Å². The fourth-order valence-electron chi connectivity index (χ4n) is 2.61. The van der Waals surface area contributed by atoms with Gasteiger partial charge in [-0.15, -0.1) is 0 Å². The Kier molecular flexibility index (Phi) is 5.88. The van der Waals surface area contributed by atoms with Gasteiger partial charge in [-0.25, -0.2) is 8.42 Å². The number of rotatable bonds is 6. The first-order valence-corrected chi connectivity index (χ1v) is 9.71. The summed E-state index contributed by atoms with van der Waals surface area (Å²) in [7, 11) is -3.46. The van der Waals surface area contributed by atoms with Crippen molar-refractivity contribution in [3.05, 3.63) is 16.5 Å². The smallest absolute Gasteiger partial charge is 0.247 e. The third kappa shape index (κ3) is 3.88. The molecule has 1 aromatic heterocycles. The minimum absolute atomic E-state index is 0.241. The first-order chi connectivity index (χ1) is 9.98. The van der Waals surface area contributed by atoms with E-state index in [1.54, 1.807) is 10.4 Å². The van der Waals surface area contributed by atoms with Crippen LogP contribution in [0.3, 0.4) is 0 Å². The molecular formula is C14H23BrN2O3S. The summed E-state index contributed by atoms with van der Waals surface area (Å²) >= 11 is 3.24. The molecule has 7 heteroatoms. The van der Waals surface area contributed by atoms with Crippen LogP contribution in [-0.2, 0) is 16.6 Å². The Labute approximate surface area is 135 Å². The monoisotopic (exact) mass is 378 g/mol. The molecule has 1 aromatic rings. The summed E-state index contributed by atoms with van der Waals surface area (Å²) in [5, 5.41) is 3.13. The molecule has 2 rings (SSSR count). The Bertz CT molecular complexity index is 563. The second-order valence-electron chi connectivity index (χ2n) is 5.39. The van der Waals surface area contributed by atoms with Crippen molar-refractivity contribution in [3.63, 3.8) is 0 Å². The molecular weight excluding hydrogens is 356 g/mol. The van der Waals surface area contributed by atoms with Crippen LogP contribution in [0.1, 0.15) is 38.9 Å². The maximum Gasteiger partial charge on any atom is 0.247 e. The molecule has 1 aliphatic heterocycles. The van der Waals surface area contributed by atoms with Gasteiger partial charge < -0.3 is 9.73 Å². The van der Waals surface area contributed by atoms with E-state index in [1.807, 2.05) is 6.92 Å². The lowest BCUT2D eigenvalue weighted by molar-refractivity contribution is 0.268. The normalized spacial score (nSPS) is 18.2. The van der Waals surface area contributed by atoms with E-state index in [9.17, 15) is 8.42 Å². The van der Waals surface area contributed by atoms with Crippen molar-refractivity contribution in [2.45, 2.75) is 44.6 Å². The van der Waals surface area contributed by atoms with E-state index in [4.69, 9.17) is 4.42 Å². The maximum absolute atomic E-state index is 12.7. The third-order valence-corrected chi connectivity index (χ3v) is 6.78. The largest absolute Gasteiger partial charge is 0.452 e. The summed E-state index contributed by atoms with van der Waals surface area (Å²) in [5.41, 5.74) is 0. The molecule has 1 saturated heterocycles. The molecule has 0 saturated carbocycles. The molecule has 0 unspecified atom stereocenters. The van der Waals surface area contributed by atoms with Crippen LogP contribution in [0.25, 0.3) is 0 Å². The van der Waals surface area contributed by atoms with Crippen molar-refractivity contribution in [3.8, 4) is 0 Å². The average molecular weight is 379 g/mol. The van der Waals surface area contributed by atoms with Gasteiger partial charge in [0.15, 0.2) is 4.67 Å². The highest BCUT2D eigenvalue weighted by Crippen LogP contribution is 2.31. The molecule has 0 aromatic carbocycles. The zero-order chi connectivity index (χ0) is 15.5. The highest BCUT2D eigenvalue weighted by molar-refractivity contribution is 9.10. The van der Waals surface area contributed by atoms with Crippen molar-refractivity contribution in [1.29, 1.82) is 0 Å². The first kappa shape index (κ1) is 17.0. The van der Waals surface area contributed by atoms with Gasteiger partial charge >= 0.3 is 0 Å². The Hall–Kier alpha value is -0.370. The number of furan rings is 1. The lowest BCUT2D eigenvalue weighted by atomic mass is 9.96. The lowest BCUT2D eigenvalue weighted by Crippen LogP contribution is -2.38. The highest BCUT2D eigenvalue weighted by Gasteiger charge is 2.32. The Morgan fingerprint density at radius 3 is 2.62 bits per heavy atom. The molecule has 0 amide bonds. The van der Waals surface area contributed by atoms with Gasteiger partial charge in [0.2, 0.25) is 10.0 Å². The van der Waals surface area contributed by atoms with Gasteiger partial charge in [0, 0.05) is 19.2 Å². The fraction of sp³-hybridized carbons (Fsp3) is 0.714. The Morgan fingerprint density at radius 2 is 2.05 bits per heavy atom. The van der Waals surface area contributed by atoms with Gasteiger partial charge in [0.1, 0.15) is 10.7 Å². The zero-order valence-corrected chi connectivity index (χ0v) is 15.0. The van der Waals surface area contributed by atoms with Gasteiger partial charge in [-0.2, -0.15) is 4.31 Å². The summed E-state index contributed by atoms with van der Waals surface area (Å²) in [6.45, 7) is 6.69. The quantitative estimate of drug-likeness (QED) is 0.826. The van der Waals surface area contributed by atoms with E-state index in [1.165, 1.54) is 0 Å². The van der Waals surface area contributed by atoms with Crippen molar-refractivity contribution in [2.24, 2.45) is 5.92 Å². The molecule has 1 fully saturated rings. The third-order valence-electron chi connectivity index (χ3n) is 4.02.